The molecule has 5 nitrogen and oxygen atoms in total. The van der Waals surface area contributed by atoms with E-state index in [1.54, 1.807) is 9.80 Å². The summed E-state index contributed by atoms with van der Waals surface area (Å²) in [6.07, 6.45) is 0. The van der Waals surface area contributed by atoms with E-state index in [0.717, 1.165) is 11.3 Å². The molecular weight excluding hydrogens is 290 g/mol. The predicted octanol–water partition coefficient (Wildman–Crippen LogP) is 1.91. The normalized spacial score (nSPS) is 17.7. The first-order valence-corrected chi connectivity index (χ1v) is 7.56. The summed E-state index contributed by atoms with van der Waals surface area (Å²) in [5, 5.41) is 0. The van der Waals surface area contributed by atoms with Crippen LogP contribution in [0.5, 0.6) is 0 Å². The highest BCUT2D eigenvalue weighted by molar-refractivity contribution is 6.06. The first-order chi connectivity index (χ1) is 11.1. The van der Waals surface area contributed by atoms with Crippen LogP contribution in [-0.4, -0.2) is 24.4 Å². The molecule has 2 N–H and O–H groups in total. The number of carbonyl (C=O) groups excluding carboxylic acids is 2. The van der Waals surface area contributed by atoms with Crippen molar-refractivity contribution in [3.8, 4) is 0 Å². The molecule has 0 bridgehead atoms. The van der Waals surface area contributed by atoms with Crippen molar-refractivity contribution in [3.63, 3.8) is 0 Å². The third kappa shape index (κ3) is 2.96. The molecule has 5 heteroatoms. The minimum absolute atomic E-state index is 0.123. The van der Waals surface area contributed by atoms with Crippen LogP contribution in [0.3, 0.4) is 0 Å². The van der Waals surface area contributed by atoms with Crippen molar-refractivity contribution in [3.05, 3.63) is 60.2 Å². The monoisotopic (exact) mass is 309 g/mol. The molecule has 23 heavy (non-hydrogen) atoms. The number of benzene rings is 2. The Bertz CT molecular complexity index is 730. The molecule has 0 fully saturated rings. The standard InChI is InChI=1S/C18H19N3O2/c1-13(22)20-12-15(19)18(23)21(11-14-7-3-2-4-8-14)17-10-6-5-9-16(17)20/h2-10,15H,11-12,19H2,1H3. The molecule has 0 aromatic heterocycles. The first kappa shape index (κ1) is 15.2. The second-order valence-electron chi connectivity index (χ2n) is 5.63. The molecular formula is C18H19N3O2. The summed E-state index contributed by atoms with van der Waals surface area (Å²) in [5.74, 6) is -0.299. The van der Waals surface area contributed by atoms with Crippen LogP contribution in [0, 0.1) is 0 Å². The van der Waals surface area contributed by atoms with Crippen LogP contribution in [0.4, 0.5) is 11.4 Å². The average molecular weight is 309 g/mol. The van der Waals surface area contributed by atoms with Gasteiger partial charge in [0.2, 0.25) is 11.8 Å². The molecule has 1 atom stereocenters. The molecule has 1 aliphatic heterocycles. The Morgan fingerprint density at radius 1 is 1.09 bits per heavy atom. The second-order valence-corrected chi connectivity index (χ2v) is 5.63. The number of nitrogens with two attached hydrogens (primary N) is 1. The fraction of sp³-hybridized carbons (Fsp3) is 0.222. The van der Waals surface area contributed by atoms with Gasteiger partial charge in [0.1, 0.15) is 6.04 Å². The molecule has 2 aromatic rings. The van der Waals surface area contributed by atoms with E-state index in [1.165, 1.54) is 6.92 Å². The molecule has 0 radical (unpaired) electrons. The van der Waals surface area contributed by atoms with E-state index in [-0.39, 0.29) is 18.4 Å². The summed E-state index contributed by atoms with van der Waals surface area (Å²) in [7, 11) is 0. The van der Waals surface area contributed by atoms with Crippen molar-refractivity contribution in [2.24, 2.45) is 5.73 Å². The van der Waals surface area contributed by atoms with Gasteiger partial charge < -0.3 is 15.5 Å². The quantitative estimate of drug-likeness (QED) is 0.921. The molecule has 0 saturated heterocycles. The van der Waals surface area contributed by atoms with Gasteiger partial charge in [-0.1, -0.05) is 42.5 Å². The zero-order valence-corrected chi connectivity index (χ0v) is 13.0. The molecule has 2 amide bonds. The first-order valence-electron chi connectivity index (χ1n) is 7.56. The fourth-order valence-corrected chi connectivity index (χ4v) is 2.84. The summed E-state index contributed by atoms with van der Waals surface area (Å²) >= 11 is 0. The summed E-state index contributed by atoms with van der Waals surface area (Å²) in [4.78, 5) is 28.0. The van der Waals surface area contributed by atoms with Crippen molar-refractivity contribution >= 4 is 23.2 Å². The predicted molar refractivity (Wildman–Crippen MR) is 90.1 cm³/mol. The average Bonchev–Trinajstić information content (AvgIpc) is 2.66. The second kappa shape index (κ2) is 6.22. The maximum absolute atomic E-state index is 12.7. The van der Waals surface area contributed by atoms with E-state index in [0.29, 0.717) is 12.2 Å². The molecule has 1 heterocycles. The Morgan fingerprint density at radius 2 is 1.70 bits per heavy atom. The lowest BCUT2D eigenvalue weighted by Gasteiger charge is -2.25. The third-order valence-corrected chi connectivity index (χ3v) is 3.99. The van der Waals surface area contributed by atoms with Gasteiger partial charge in [0.05, 0.1) is 24.5 Å². The number of hydrogen-bond acceptors (Lipinski definition) is 3. The zero-order valence-electron chi connectivity index (χ0n) is 13.0. The summed E-state index contributed by atoms with van der Waals surface area (Å²) in [5.41, 5.74) is 8.49. The third-order valence-electron chi connectivity index (χ3n) is 3.99. The van der Waals surface area contributed by atoms with Crippen molar-refractivity contribution in [1.29, 1.82) is 0 Å². The van der Waals surface area contributed by atoms with Gasteiger partial charge in [0.25, 0.3) is 0 Å². The molecule has 0 aliphatic carbocycles. The Kier molecular flexibility index (Phi) is 4.12. The SMILES string of the molecule is CC(=O)N1CC(N)C(=O)N(Cc2ccccc2)c2ccccc21. The molecule has 118 valence electrons. The zero-order chi connectivity index (χ0) is 16.4. The summed E-state index contributed by atoms with van der Waals surface area (Å²) in [6, 6.07) is 16.4. The van der Waals surface area contributed by atoms with Gasteiger partial charge in [-0.05, 0) is 17.7 Å². The topological polar surface area (TPSA) is 66.6 Å². The van der Waals surface area contributed by atoms with Crippen molar-refractivity contribution in [1.82, 2.24) is 0 Å². The highest BCUT2D eigenvalue weighted by Gasteiger charge is 2.32. The van der Waals surface area contributed by atoms with Crippen LogP contribution in [0.1, 0.15) is 12.5 Å². The van der Waals surface area contributed by atoms with E-state index in [9.17, 15) is 9.59 Å². The van der Waals surface area contributed by atoms with Crippen molar-refractivity contribution in [2.45, 2.75) is 19.5 Å². The lowest BCUT2D eigenvalue weighted by molar-refractivity contribution is -0.119. The van der Waals surface area contributed by atoms with Crippen molar-refractivity contribution < 1.29 is 9.59 Å². The van der Waals surface area contributed by atoms with E-state index < -0.39 is 6.04 Å². The van der Waals surface area contributed by atoms with E-state index in [1.807, 2.05) is 54.6 Å². The van der Waals surface area contributed by atoms with Gasteiger partial charge >= 0.3 is 0 Å². The van der Waals surface area contributed by atoms with Gasteiger partial charge in [-0.2, -0.15) is 0 Å². The number of anilines is 2. The molecule has 1 aliphatic rings. The number of carbonyl (C=O) groups is 2. The largest absolute Gasteiger partial charge is 0.318 e. The van der Waals surface area contributed by atoms with Crippen LogP contribution >= 0.6 is 0 Å². The Balaban J connectivity index is 2.07. The van der Waals surface area contributed by atoms with E-state index in [4.69, 9.17) is 5.73 Å². The number of fused-ring (bicyclic) bond motifs is 1. The smallest absolute Gasteiger partial charge is 0.246 e. The number of rotatable bonds is 2. The lowest BCUT2D eigenvalue weighted by atomic mass is 10.1. The fourth-order valence-electron chi connectivity index (χ4n) is 2.84. The number of hydrogen-bond donors (Lipinski definition) is 1. The van der Waals surface area contributed by atoms with Crippen LogP contribution in [0.15, 0.2) is 54.6 Å². The highest BCUT2D eigenvalue weighted by Crippen LogP contribution is 2.33. The molecule has 3 rings (SSSR count). The Morgan fingerprint density at radius 3 is 2.35 bits per heavy atom. The molecule has 0 saturated carbocycles. The van der Waals surface area contributed by atoms with Crippen LogP contribution in [0.2, 0.25) is 0 Å². The van der Waals surface area contributed by atoms with Crippen LogP contribution in [0.25, 0.3) is 0 Å². The minimum atomic E-state index is -0.741. The molecule has 1 unspecified atom stereocenters. The van der Waals surface area contributed by atoms with Gasteiger partial charge in [0.15, 0.2) is 0 Å². The van der Waals surface area contributed by atoms with Gasteiger partial charge in [-0.25, -0.2) is 0 Å². The van der Waals surface area contributed by atoms with E-state index >= 15 is 0 Å². The van der Waals surface area contributed by atoms with Gasteiger partial charge in [-0.3, -0.25) is 9.59 Å². The minimum Gasteiger partial charge on any atom is -0.318 e. The Hall–Kier alpha value is -2.66. The van der Waals surface area contributed by atoms with Crippen LogP contribution in [-0.2, 0) is 16.1 Å². The van der Waals surface area contributed by atoms with E-state index in [2.05, 4.69) is 0 Å². The van der Waals surface area contributed by atoms with Crippen molar-refractivity contribution in [2.75, 3.05) is 16.3 Å². The number of para-hydroxylation sites is 2. The summed E-state index contributed by atoms with van der Waals surface area (Å²) in [6.45, 7) is 2.10. The lowest BCUT2D eigenvalue weighted by Crippen LogP contribution is -2.47. The Labute approximate surface area is 135 Å². The van der Waals surface area contributed by atoms with Gasteiger partial charge in [0, 0.05) is 6.92 Å². The highest BCUT2D eigenvalue weighted by atomic mass is 16.2. The molecule has 0 spiro atoms. The number of amides is 2. The maximum atomic E-state index is 12.7. The maximum Gasteiger partial charge on any atom is 0.246 e. The summed E-state index contributed by atoms with van der Waals surface area (Å²) < 4.78 is 0. The van der Waals surface area contributed by atoms with Crippen LogP contribution < -0.4 is 15.5 Å². The molecule has 2 aromatic carbocycles. The number of nitrogens with zero attached hydrogens (tertiary/aromatic N) is 2. The van der Waals surface area contributed by atoms with Gasteiger partial charge in [-0.15, -0.1) is 0 Å².